The number of benzene rings is 1. The molecule has 0 spiro atoms. The third-order valence-corrected chi connectivity index (χ3v) is 4.24. The number of aromatic nitrogens is 2. The highest BCUT2D eigenvalue weighted by Gasteiger charge is 2.44. The van der Waals surface area contributed by atoms with Gasteiger partial charge in [0.1, 0.15) is 11.3 Å². The fourth-order valence-electron chi connectivity index (χ4n) is 2.99. The van der Waals surface area contributed by atoms with Crippen LogP contribution in [0.4, 0.5) is 4.39 Å². The van der Waals surface area contributed by atoms with E-state index in [4.69, 9.17) is 5.73 Å². The Morgan fingerprint density at radius 1 is 1.48 bits per heavy atom. The van der Waals surface area contributed by atoms with E-state index in [9.17, 15) is 9.59 Å². The number of hydrogen-bond acceptors (Lipinski definition) is 3. The number of aromatic amines is 1. The first-order valence-corrected chi connectivity index (χ1v) is 7.70. The molecule has 0 radical (unpaired) electrons. The number of carbonyl (C=O) groups excluding carboxylic acids is 2. The van der Waals surface area contributed by atoms with E-state index in [1.165, 1.54) is 4.90 Å². The molecule has 0 saturated carbocycles. The van der Waals surface area contributed by atoms with Crippen LogP contribution in [0.25, 0.3) is 11.0 Å². The van der Waals surface area contributed by atoms with Crippen LogP contribution < -0.4 is 5.73 Å². The van der Waals surface area contributed by atoms with E-state index in [0.29, 0.717) is 24.0 Å². The van der Waals surface area contributed by atoms with E-state index in [-0.39, 0.29) is 30.3 Å². The van der Waals surface area contributed by atoms with Crippen molar-refractivity contribution in [2.45, 2.75) is 31.9 Å². The minimum absolute atomic E-state index is 0.0163. The van der Waals surface area contributed by atoms with Gasteiger partial charge in [0.25, 0.3) is 5.91 Å². The summed E-state index contributed by atoms with van der Waals surface area (Å²) in [6, 6.07) is 4.95. The van der Waals surface area contributed by atoms with Crippen molar-refractivity contribution in [2.75, 3.05) is 13.1 Å². The average Bonchev–Trinajstić information content (AvgIpc) is 3.11. The zero-order chi connectivity index (χ0) is 16.6. The number of rotatable bonds is 4. The predicted molar refractivity (Wildman–Crippen MR) is 83.5 cm³/mol. The summed E-state index contributed by atoms with van der Waals surface area (Å²) < 4.78 is 15.3. The lowest BCUT2D eigenvalue weighted by Crippen LogP contribution is -2.32. The third-order valence-electron chi connectivity index (χ3n) is 4.24. The number of primary amides is 1. The van der Waals surface area contributed by atoms with Gasteiger partial charge >= 0.3 is 0 Å². The molecule has 3 N–H and O–H groups in total. The molecule has 6 nitrogen and oxygen atoms in total. The fraction of sp³-hybridized carbons (Fsp3) is 0.438. The summed E-state index contributed by atoms with van der Waals surface area (Å²) in [7, 11) is 0. The molecule has 3 rings (SSSR count). The van der Waals surface area contributed by atoms with Gasteiger partial charge in [-0.25, -0.2) is 9.37 Å². The van der Waals surface area contributed by atoms with Crippen LogP contribution in [0.15, 0.2) is 18.2 Å². The summed E-state index contributed by atoms with van der Waals surface area (Å²) in [6.07, 6.45) is 1.34. The Bertz CT molecular complexity index is 773. The first-order chi connectivity index (χ1) is 10.9. The number of fused-ring (bicyclic) bond motifs is 1. The molecule has 2 heterocycles. The number of nitrogens with two attached hydrogens (primary N) is 1. The number of halogens is 1. The minimum atomic E-state index is -1.72. The summed E-state index contributed by atoms with van der Waals surface area (Å²) in [6.45, 7) is 2.27. The molecule has 1 saturated heterocycles. The van der Waals surface area contributed by atoms with Crippen molar-refractivity contribution in [3.05, 3.63) is 29.6 Å². The summed E-state index contributed by atoms with van der Waals surface area (Å²) in [5, 5.41) is 0. The van der Waals surface area contributed by atoms with Crippen molar-refractivity contribution in [3.63, 3.8) is 0 Å². The molecule has 1 aromatic heterocycles. The highest BCUT2D eigenvalue weighted by atomic mass is 19.1. The molecule has 0 bridgehead atoms. The Labute approximate surface area is 132 Å². The number of para-hydroxylation sites is 1. The SMILES string of the molecule is CCCC(=O)N1CCC(F)(c2nc3c(C(N)=O)cccc3[nH]2)C1. The minimum Gasteiger partial charge on any atom is -0.366 e. The van der Waals surface area contributed by atoms with E-state index < -0.39 is 11.6 Å². The van der Waals surface area contributed by atoms with Gasteiger partial charge in [0.15, 0.2) is 5.67 Å². The van der Waals surface area contributed by atoms with Crippen LogP contribution in [-0.2, 0) is 10.5 Å². The molecule has 7 heteroatoms. The standard InChI is InChI=1S/C16H19FN4O2/c1-2-4-12(22)21-8-7-16(17,9-21)15-19-11-6-3-5-10(14(18)23)13(11)20-15/h3,5-6H,2,4,7-9H2,1H3,(H2,18,23)(H,19,20). The van der Waals surface area contributed by atoms with E-state index in [1.54, 1.807) is 18.2 Å². The zero-order valence-corrected chi connectivity index (χ0v) is 12.9. The maximum atomic E-state index is 15.3. The summed E-state index contributed by atoms with van der Waals surface area (Å²) in [5.41, 5.74) is 4.79. The molecular formula is C16H19FN4O2. The molecule has 23 heavy (non-hydrogen) atoms. The Hall–Kier alpha value is -2.44. The van der Waals surface area contributed by atoms with E-state index >= 15 is 4.39 Å². The number of likely N-dealkylation sites (tertiary alicyclic amines) is 1. The summed E-state index contributed by atoms with van der Waals surface area (Å²) in [4.78, 5) is 32.1. The topological polar surface area (TPSA) is 92.1 Å². The molecule has 2 amide bonds. The van der Waals surface area contributed by atoms with Gasteiger partial charge in [-0.3, -0.25) is 9.59 Å². The van der Waals surface area contributed by atoms with Crippen molar-refractivity contribution in [3.8, 4) is 0 Å². The molecule has 1 unspecified atom stereocenters. The lowest BCUT2D eigenvalue weighted by atomic mass is 10.1. The van der Waals surface area contributed by atoms with Gasteiger partial charge in [-0.05, 0) is 18.6 Å². The first-order valence-electron chi connectivity index (χ1n) is 7.70. The maximum Gasteiger partial charge on any atom is 0.250 e. The van der Waals surface area contributed by atoms with Crippen molar-refractivity contribution in [2.24, 2.45) is 5.73 Å². The third kappa shape index (κ3) is 2.67. The molecule has 1 aromatic carbocycles. The zero-order valence-electron chi connectivity index (χ0n) is 12.9. The first kappa shape index (κ1) is 15.5. The number of alkyl halides is 1. The lowest BCUT2D eigenvalue weighted by molar-refractivity contribution is -0.130. The van der Waals surface area contributed by atoms with E-state index in [1.807, 2.05) is 6.92 Å². The predicted octanol–water partition coefficient (Wildman–Crippen LogP) is 1.86. The Morgan fingerprint density at radius 3 is 2.96 bits per heavy atom. The lowest BCUT2D eigenvalue weighted by Gasteiger charge is -2.19. The second kappa shape index (κ2) is 5.64. The number of nitrogens with zero attached hydrogens (tertiary/aromatic N) is 2. The highest BCUT2D eigenvalue weighted by Crippen LogP contribution is 2.36. The Kier molecular flexibility index (Phi) is 3.79. The van der Waals surface area contributed by atoms with Crippen LogP contribution in [0, 0.1) is 0 Å². The van der Waals surface area contributed by atoms with Crippen LogP contribution in [-0.4, -0.2) is 39.8 Å². The second-order valence-corrected chi connectivity index (χ2v) is 5.93. The monoisotopic (exact) mass is 318 g/mol. The maximum absolute atomic E-state index is 15.3. The van der Waals surface area contributed by atoms with Gasteiger partial charge in [-0.2, -0.15) is 0 Å². The molecule has 1 aliphatic rings. The quantitative estimate of drug-likeness (QED) is 0.901. The Balaban J connectivity index is 1.93. The van der Waals surface area contributed by atoms with Crippen molar-refractivity contribution < 1.29 is 14.0 Å². The Morgan fingerprint density at radius 2 is 2.26 bits per heavy atom. The number of imidazole rings is 1. The van der Waals surface area contributed by atoms with Crippen LogP contribution in [0.2, 0.25) is 0 Å². The van der Waals surface area contributed by atoms with Crippen LogP contribution in [0.3, 0.4) is 0 Å². The van der Waals surface area contributed by atoms with Gasteiger partial charge < -0.3 is 15.6 Å². The normalized spacial score (nSPS) is 21.0. The van der Waals surface area contributed by atoms with Crippen LogP contribution in [0.1, 0.15) is 42.4 Å². The molecule has 2 aromatic rings. The number of amides is 2. The number of carbonyl (C=O) groups is 2. The number of H-pyrrole nitrogens is 1. The molecular weight excluding hydrogens is 299 g/mol. The highest BCUT2D eigenvalue weighted by molar-refractivity contribution is 6.04. The van der Waals surface area contributed by atoms with Gasteiger partial charge in [0.05, 0.1) is 17.6 Å². The van der Waals surface area contributed by atoms with Crippen LogP contribution in [0.5, 0.6) is 0 Å². The van der Waals surface area contributed by atoms with Crippen molar-refractivity contribution in [1.82, 2.24) is 14.9 Å². The largest absolute Gasteiger partial charge is 0.366 e. The smallest absolute Gasteiger partial charge is 0.250 e. The molecule has 0 aliphatic carbocycles. The van der Waals surface area contributed by atoms with Crippen LogP contribution >= 0.6 is 0 Å². The number of hydrogen-bond donors (Lipinski definition) is 2. The molecule has 1 aliphatic heterocycles. The summed E-state index contributed by atoms with van der Waals surface area (Å²) >= 11 is 0. The molecule has 1 fully saturated rings. The van der Waals surface area contributed by atoms with E-state index in [0.717, 1.165) is 6.42 Å². The molecule has 122 valence electrons. The van der Waals surface area contributed by atoms with Gasteiger partial charge in [0.2, 0.25) is 5.91 Å². The van der Waals surface area contributed by atoms with Gasteiger partial charge in [0, 0.05) is 19.4 Å². The van der Waals surface area contributed by atoms with Gasteiger partial charge in [-0.1, -0.05) is 13.0 Å². The van der Waals surface area contributed by atoms with E-state index in [2.05, 4.69) is 9.97 Å². The van der Waals surface area contributed by atoms with Gasteiger partial charge in [-0.15, -0.1) is 0 Å². The second-order valence-electron chi connectivity index (χ2n) is 5.93. The summed E-state index contributed by atoms with van der Waals surface area (Å²) in [5.74, 6) is -0.498. The number of nitrogens with one attached hydrogen (secondary N) is 1. The average molecular weight is 318 g/mol. The van der Waals surface area contributed by atoms with Crippen molar-refractivity contribution >= 4 is 22.8 Å². The molecule has 1 atom stereocenters. The van der Waals surface area contributed by atoms with Crippen molar-refractivity contribution in [1.29, 1.82) is 0 Å². The fourth-order valence-corrected chi connectivity index (χ4v) is 2.99.